The lowest BCUT2D eigenvalue weighted by Gasteiger charge is -2.32. The van der Waals surface area contributed by atoms with Crippen LogP contribution in [0.5, 0.6) is 0 Å². The molecular formula is C20H42IN5O2. The Kier molecular flexibility index (Phi) is 15.4. The fraction of sp³-hybridized carbons (Fsp3) is 0.950. The quantitative estimate of drug-likeness (QED) is 0.180. The molecule has 7 nitrogen and oxygen atoms in total. The van der Waals surface area contributed by atoms with Gasteiger partial charge in [0.15, 0.2) is 5.96 Å². The summed E-state index contributed by atoms with van der Waals surface area (Å²) in [7, 11) is 2.21. The number of likely N-dealkylation sites (N-methyl/N-ethyl adjacent to an activating group) is 1. The number of guanidine groups is 1. The van der Waals surface area contributed by atoms with Gasteiger partial charge in [0.1, 0.15) is 0 Å². The number of unbranched alkanes of at least 4 members (excludes halogenated alkanes) is 1. The summed E-state index contributed by atoms with van der Waals surface area (Å²) in [6, 6.07) is 0. The normalized spacial score (nSPS) is 21.5. The molecule has 1 unspecified atom stereocenters. The van der Waals surface area contributed by atoms with E-state index in [0.29, 0.717) is 6.10 Å². The molecule has 2 aliphatic heterocycles. The molecule has 2 saturated heterocycles. The standard InChI is InChI=1S/C20H41N5O2.HI/c1-3-21-20(23-10-7-16-26-18-19-8-6-17-27-19)22-9-4-5-11-25-14-12-24(2)13-15-25;/h19H,3-18H2,1-2H3,(H2,21,22,23);1H. The van der Waals surface area contributed by atoms with Gasteiger partial charge in [-0.25, -0.2) is 0 Å². The highest BCUT2D eigenvalue weighted by Crippen LogP contribution is 2.11. The van der Waals surface area contributed by atoms with Gasteiger partial charge in [0, 0.05) is 59.0 Å². The first-order valence-electron chi connectivity index (χ1n) is 10.9. The van der Waals surface area contributed by atoms with E-state index in [9.17, 15) is 0 Å². The van der Waals surface area contributed by atoms with Crippen molar-refractivity contribution in [2.24, 2.45) is 4.99 Å². The molecule has 166 valence electrons. The van der Waals surface area contributed by atoms with Crippen LogP contribution >= 0.6 is 24.0 Å². The molecular weight excluding hydrogens is 469 g/mol. The van der Waals surface area contributed by atoms with Gasteiger partial charge in [0.2, 0.25) is 0 Å². The Morgan fingerprint density at radius 1 is 1.14 bits per heavy atom. The third-order valence-electron chi connectivity index (χ3n) is 5.18. The molecule has 2 rings (SSSR count). The summed E-state index contributed by atoms with van der Waals surface area (Å²) < 4.78 is 11.3. The predicted octanol–water partition coefficient (Wildman–Crippen LogP) is 1.77. The van der Waals surface area contributed by atoms with Crippen LogP contribution in [0.4, 0.5) is 0 Å². The van der Waals surface area contributed by atoms with Crippen molar-refractivity contribution in [1.82, 2.24) is 20.4 Å². The van der Waals surface area contributed by atoms with Crippen LogP contribution < -0.4 is 10.6 Å². The molecule has 0 bridgehead atoms. The van der Waals surface area contributed by atoms with Gasteiger partial charge in [-0.3, -0.25) is 4.99 Å². The molecule has 2 aliphatic rings. The molecule has 0 aromatic carbocycles. The highest BCUT2D eigenvalue weighted by molar-refractivity contribution is 14.0. The molecule has 0 aromatic heterocycles. The van der Waals surface area contributed by atoms with Crippen molar-refractivity contribution in [2.45, 2.75) is 45.1 Å². The third kappa shape index (κ3) is 11.7. The predicted molar refractivity (Wildman–Crippen MR) is 127 cm³/mol. The Labute approximate surface area is 189 Å². The largest absolute Gasteiger partial charge is 0.379 e. The van der Waals surface area contributed by atoms with Crippen LogP contribution in [0, 0.1) is 0 Å². The van der Waals surface area contributed by atoms with Crippen molar-refractivity contribution in [2.75, 3.05) is 79.2 Å². The van der Waals surface area contributed by atoms with E-state index in [1.165, 1.54) is 52.0 Å². The number of hydrogen-bond acceptors (Lipinski definition) is 5. The lowest BCUT2D eigenvalue weighted by molar-refractivity contribution is 0.0171. The zero-order valence-electron chi connectivity index (χ0n) is 18.0. The summed E-state index contributed by atoms with van der Waals surface area (Å²) in [5.74, 6) is 0.927. The van der Waals surface area contributed by atoms with E-state index in [1.54, 1.807) is 0 Å². The van der Waals surface area contributed by atoms with Crippen molar-refractivity contribution >= 4 is 29.9 Å². The zero-order chi connectivity index (χ0) is 19.2. The molecule has 2 heterocycles. The van der Waals surface area contributed by atoms with Crippen molar-refractivity contribution in [3.63, 3.8) is 0 Å². The summed E-state index contributed by atoms with van der Waals surface area (Å²) in [5, 5.41) is 6.78. The van der Waals surface area contributed by atoms with Crippen LogP contribution in [-0.2, 0) is 9.47 Å². The highest BCUT2D eigenvalue weighted by Gasteiger charge is 2.15. The summed E-state index contributed by atoms with van der Waals surface area (Å²) in [6.07, 6.45) is 6.01. The Hall–Kier alpha value is -0.160. The number of hydrogen-bond donors (Lipinski definition) is 2. The van der Waals surface area contributed by atoms with E-state index in [2.05, 4.69) is 39.4 Å². The highest BCUT2D eigenvalue weighted by atomic mass is 127. The van der Waals surface area contributed by atoms with Gasteiger partial charge >= 0.3 is 0 Å². The second-order valence-electron chi connectivity index (χ2n) is 7.60. The first-order chi connectivity index (χ1) is 13.3. The average molecular weight is 511 g/mol. The summed E-state index contributed by atoms with van der Waals surface area (Å²) in [5.41, 5.74) is 0. The summed E-state index contributed by atoms with van der Waals surface area (Å²) in [4.78, 5) is 9.63. The molecule has 1 atom stereocenters. The lowest BCUT2D eigenvalue weighted by atomic mass is 10.2. The van der Waals surface area contributed by atoms with Gasteiger partial charge in [0.05, 0.1) is 12.7 Å². The average Bonchev–Trinajstić information content (AvgIpc) is 3.19. The maximum absolute atomic E-state index is 5.69. The molecule has 0 aromatic rings. The first kappa shape index (κ1) is 25.9. The molecule has 28 heavy (non-hydrogen) atoms. The fourth-order valence-corrected chi connectivity index (χ4v) is 3.43. The number of ether oxygens (including phenoxy) is 2. The first-order valence-corrected chi connectivity index (χ1v) is 10.9. The second kappa shape index (κ2) is 16.6. The minimum absolute atomic E-state index is 0. The molecule has 0 aliphatic carbocycles. The van der Waals surface area contributed by atoms with Crippen LogP contribution in [0.25, 0.3) is 0 Å². The van der Waals surface area contributed by atoms with Crippen molar-refractivity contribution in [3.8, 4) is 0 Å². The number of halogens is 1. The van der Waals surface area contributed by atoms with Gasteiger partial charge in [-0.2, -0.15) is 0 Å². The van der Waals surface area contributed by atoms with Crippen LogP contribution in [0.15, 0.2) is 4.99 Å². The van der Waals surface area contributed by atoms with Gasteiger partial charge < -0.3 is 29.9 Å². The van der Waals surface area contributed by atoms with Gasteiger partial charge in [-0.05, 0) is 52.6 Å². The smallest absolute Gasteiger partial charge is 0.191 e. The zero-order valence-corrected chi connectivity index (χ0v) is 20.3. The Morgan fingerprint density at radius 2 is 1.96 bits per heavy atom. The third-order valence-corrected chi connectivity index (χ3v) is 5.18. The maximum Gasteiger partial charge on any atom is 0.191 e. The van der Waals surface area contributed by atoms with Crippen molar-refractivity contribution in [1.29, 1.82) is 0 Å². The topological polar surface area (TPSA) is 61.4 Å². The van der Waals surface area contributed by atoms with Gasteiger partial charge in [-0.1, -0.05) is 0 Å². The number of nitrogens with zero attached hydrogens (tertiary/aromatic N) is 3. The van der Waals surface area contributed by atoms with E-state index in [-0.39, 0.29) is 24.0 Å². The van der Waals surface area contributed by atoms with Crippen molar-refractivity contribution < 1.29 is 9.47 Å². The van der Waals surface area contributed by atoms with E-state index in [4.69, 9.17) is 9.47 Å². The Balaban J connectivity index is 0.00000392. The van der Waals surface area contributed by atoms with Crippen molar-refractivity contribution in [3.05, 3.63) is 0 Å². The summed E-state index contributed by atoms with van der Waals surface area (Å²) in [6.45, 7) is 13.2. The van der Waals surface area contributed by atoms with Crippen LogP contribution in [-0.4, -0.2) is 101 Å². The van der Waals surface area contributed by atoms with Crippen LogP contribution in [0.2, 0.25) is 0 Å². The number of nitrogens with one attached hydrogen (secondary N) is 2. The minimum atomic E-state index is 0. The molecule has 0 radical (unpaired) electrons. The number of rotatable bonds is 12. The SMILES string of the molecule is CCNC(=NCCCOCC1CCCO1)NCCCCN1CCN(C)CC1.I. The lowest BCUT2D eigenvalue weighted by Crippen LogP contribution is -2.44. The van der Waals surface area contributed by atoms with Crippen LogP contribution in [0.1, 0.15) is 39.0 Å². The molecule has 0 saturated carbocycles. The van der Waals surface area contributed by atoms with E-state index in [1.807, 2.05) is 0 Å². The molecule has 2 N–H and O–H groups in total. The Morgan fingerprint density at radius 3 is 2.68 bits per heavy atom. The second-order valence-corrected chi connectivity index (χ2v) is 7.60. The monoisotopic (exact) mass is 511 g/mol. The molecule has 0 spiro atoms. The van der Waals surface area contributed by atoms with E-state index < -0.39 is 0 Å². The minimum Gasteiger partial charge on any atom is -0.379 e. The molecule has 8 heteroatoms. The number of aliphatic imine (C=N–C) groups is 1. The Bertz CT molecular complexity index is 400. The molecule has 2 fully saturated rings. The van der Waals surface area contributed by atoms with Gasteiger partial charge in [-0.15, -0.1) is 24.0 Å². The van der Waals surface area contributed by atoms with Gasteiger partial charge in [0.25, 0.3) is 0 Å². The van der Waals surface area contributed by atoms with E-state index in [0.717, 1.165) is 58.3 Å². The fourth-order valence-electron chi connectivity index (χ4n) is 3.43. The maximum atomic E-state index is 5.69. The molecule has 0 amide bonds. The van der Waals surface area contributed by atoms with Crippen LogP contribution in [0.3, 0.4) is 0 Å². The van der Waals surface area contributed by atoms with E-state index >= 15 is 0 Å². The summed E-state index contributed by atoms with van der Waals surface area (Å²) >= 11 is 0. The number of piperazine rings is 1.